The maximum absolute atomic E-state index is 13.2. The molecule has 0 saturated carbocycles. The third kappa shape index (κ3) is 5.23. The van der Waals surface area contributed by atoms with Crippen LogP contribution in [0.4, 0.5) is 10.1 Å². The van der Waals surface area contributed by atoms with Crippen molar-refractivity contribution in [3.05, 3.63) is 29.6 Å². The molecule has 0 aliphatic rings. The van der Waals surface area contributed by atoms with E-state index in [2.05, 4.69) is 5.32 Å². The van der Waals surface area contributed by atoms with Gasteiger partial charge >= 0.3 is 0 Å². The van der Waals surface area contributed by atoms with Crippen molar-refractivity contribution < 1.29 is 13.9 Å². The molecule has 1 amide bonds. The van der Waals surface area contributed by atoms with E-state index in [0.717, 1.165) is 6.54 Å². The zero-order valence-corrected chi connectivity index (χ0v) is 11.3. The number of benzene rings is 1. The van der Waals surface area contributed by atoms with E-state index < -0.39 is 11.7 Å². The third-order valence-corrected chi connectivity index (χ3v) is 2.51. The van der Waals surface area contributed by atoms with Crippen LogP contribution in [0, 0.1) is 5.82 Å². The van der Waals surface area contributed by atoms with Crippen LogP contribution in [0.1, 0.15) is 10.4 Å². The second-order valence-electron chi connectivity index (χ2n) is 4.37. The minimum Gasteiger partial charge on any atom is -0.396 e. The normalized spacial score (nSPS) is 10.7. The number of nitrogens with two attached hydrogens (primary N) is 1. The minimum atomic E-state index is -0.588. The van der Waals surface area contributed by atoms with Gasteiger partial charge in [-0.25, -0.2) is 4.39 Å². The third-order valence-electron chi connectivity index (χ3n) is 2.51. The van der Waals surface area contributed by atoms with Crippen LogP contribution >= 0.6 is 0 Å². The predicted octanol–water partition coefficient (Wildman–Crippen LogP) is 0.716. The molecule has 6 heteroatoms. The summed E-state index contributed by atoms with van der Waals surface area (Å²) in [6, 6.07) is 4.16. The SMILES string of the molecule is CN(C)CCOCCNC(=O)c1cccc(F)c1N. The first-order valence-corrected chi connectivity index (χ1v) is 6.07. The van der Waals surface area contributed by atoms with E-state index in [1.807, 2.05) is 19.0 Å². The molecule has 0 aliphatic heterocycles. The highest BCUT2D eigenvalue weighted by Gasteiger charge is 2.11. The molecular weight excluding hydrogens is 249 g/mol. The van der Waals surface area contributed by atoms with Crippen molar-refractivity contribution in [3.8, 4) is 0 Å². The van der Waals surface area contributed by atoms with E-state index in [-0.39, 0.29) is 11.3 Å². The van der Waals surface area contributed by atoms with E-state index in [4.69, 9.17) is 10.5 Å². The Morgan fingerprint density at radius 3 is 2.84 bits per heavy atom. The van der Waals surface area contributed by atoms with Gasteiger partial charge in [0.1, 0.15) is 5.82 Å². The maximum atomic E-state index is 13.2. The first kappa shape index (κ1) is 15.4. The summed E-state index contributed by atoms with van der Waals surface area (Å²) in [4.78, 5) is 13.7. The average molecular weight is 269 g/mol. The Balaban J connectivity index is 2.30. The number of nitrogens with zero attached hydrogens (tertiary/aromatic N) is 1. The number of nitrogens with one attached hydrogen (secondary N) is 1. The minimum absolute atomic E-state index is 0.131. The van der Waals surface area contributed by atoms with Crippen LogP contribution in [0.15, 0.2) is 18.2 Å². The van der Waals surface area contributed by atoms with Gasteiger partial charge in [0.2, 0.25) is 0 Å². The van der Waals surface area contributed by atoms with Crippen LogP contribution in [0.5, 0.6) is 0 Å². The molecule has 0 unspecified atom stereocenters. The zero-order valence-electron chi connectivity index (χ0n) is 11.3. The quantitative estimate of drug-likeness (QED) is 0.565. The molecule has 1 aromatic carbocycles. The summed E-state index contributed by atoms with van der Waals surface area (Å²) < 4.78 is 18.5. The van der Waals surface area contributed by atoms with E-state index in [1.165, 1.54) is 18.2 Å². The number of likely N-dealkylation sites (N-methyl/N-ethyl adjacent to an activating group) is 1. The largest absolute Gasteiger partial charge is 0.396 e. The number of halogens is 1. The van der Waals surface area contributed by atoms with E-state index in [0.29, 0.717) is 19.8 Å². The van der Waals surface area contributed by atoms with Crippen molar-refractivity contribution in [2.45, 2.75) is 0 Å². The molecule has 1 rings (SSSR count). The Labute approximate surface area is 112 Å². The molecule has 0 aliphatic carbocycles. The van der Waals surface area contributed by atoms with Crippen LogP contribution in [0.25, 0.3) is 0 Å². The molecule has 5 nitrogen and oxygen atoms in total. The van der Waals surface area contributed by atoms with Crippen molar-refractivity contribution in [2.24, 2.45) is 0 Å². The number of hydrogen-bond acceptors (Lipinski definition) is 4. The molecule has 0 heterocycles. The van der Waals surface area contributed by atoms with Crippen LogP contribution in [-0.2, 0) is 4.74 Å². The monoisotopic (exact) mass is 269 g/mol. The first-order valence-electron chi connectivity index (χ1n) is 6.07. The van der Waals surface area contributed by atoms with Crippen LogP contribution < -0.4 is 11.1 Å². The van der Waals surface area contributed by atoms with Gasteiger partial charge in [0.25, 0.3) is 5.91 Å². The number of para-hydroxylation sites is 1. The molecule has 19 heavy (non-hydrogen) atoms. The standard InChI is InChI=1S/C13H20FN3O2/c1-17(2)7-9-19-8-6-16-13(18)10-4-3-5-11(14)12(10)15/h3-5H,6-9,15H2,1-2H3,(H,16,18). The van der Waals surface area contributed by atoms with Gasteiger partial charge in [-0.15, -0.1) is 0 Å². The number of carbonyl (C=O) groups is 1. The van der Waals surface area contributed by atoms with Gasteiger partial charge in [-0.1, -0.05) is 6.07 Å². The van der Waals surface area contributed by atoms with Gasteiger partial charge in [0.05, 0.1) is 24.5 Å². The summed E-state index contributed by atoms with van der Waals surface area (Å²) in [6.45, 7) is 2.20. The van der Waals surface area contributed by atoms with Crippen molar-refractivity contribution in [1.29, 1.82) is 0 Å². The molecule has 0 radical (unpaired) electrons. The van der Waals surface area contributed by atoms with Gasteiger partial charge in [-0.05, 0) is 26.2 Å². The van der Waals surface area contributed by atoms with Gasteiger partial charge in [0, 0.05) is 13.1 Å². The molecule has 0 aromatic heterocycles. The van der Waals surface area contributed by atoms with E-state index >= 15 is 0 Å². The van der Waals surface area contributed by atoms with Gasteiger partial charge in [-0.2, -0.15) is 0 Å². The second kappa shape index (κ2) is 7.70. The van der Waals surface area contributed by atoms with Gasteiger partial charge < -0.3 is 20.7 Å². The first-order chi connectivity index (χ1) is 9.02. The van der Waals surface area contributed by atoms with Crippen LogP contribution in [0.2, 0.25) is 0 Å². The molecular formula is C13H20FN3O2. The highest BCUT2D eigenvalue weighted by atomic mass is 19.1. The number of rotatable bonds is 7. The van der Waals surface area contributed by atoms with Crippen molar-refractivity contribution >= 4 is 11.6 Å². The summed E-state index contributed by atoms with van der Waals surface area (Å²) >= 11 is 0. The van der Waals surface area contributed by atoms with E-state index in [1.54, 1.807) is 0 Å². The van der Waals surface area contributed by atoms with Gasteiger partial charge in [-0.3, -0.25) is 4.79 Å². The lowest BCUT2D eigenvalue weighted by molar-refractivity contribution is 0.0900. The lowest BCUT2D eigenvalue weighted by Gasteiger charge is -2.11. The Morgan fingerprint density at radius 2 is 2.16 bits per heavy atom. The Hall–Kier alpha value is -1.66. The van der Waals surface area contributed by atoms with Gasteiger partial charge in [0.15, 0.2) is 0 Å². The summed E-state index contributed by atoms with van der Waals surface area (Å²) in [5.74, 6) is -0.983. The summed E-state index contributed by atoms with van der Waals surface area (Å²) in [7, 11) is 3.91. The summed E-state index contributed by atoms with van der Waals surface area (Å²) in [6.07, 6.45) is 0. The number of anilines is 1. The highest BCUT2D eigenvalue weighted by Crippen LogP contribution is 2.15. The number of nitrogen functional groups attached to an aromatic ring is 1. The summed E-state index contributed by atoms with van der Waals surface area (Å²) in [5, 5.41) is 2.63. The topological polar surface area (TPSA) is 67.6 Å². The molecule has 0 atom stereocenters. The Kier molecular flexibility index (Phi) is 6.24. The smallest absolute Gasteiger partial charge is 0.253 e. The summed E-state index contributed by atoms with van der Waals surface area (Å²) in [5.41, 5.74) is 5.51. The fourth-order valence-electron chi connectivity index (χ4n) is 1.42. The van der Waals surface area contributed by atoms with Crippen LogP contribution in [-0.4, -0.2) is 51.2 Å². The number of ether oxygens (including phenoxy) is 1. The fourth-order valence-corrected chi connectivity index (χ4v) is 1.42. The number of hydrogen-bond donors (Lipinski definition) is 2. The van der Waals surface area contributed by atoms with Crippen molar-refractivity contribution in [1.82, 2.24) is 10.2 Å². The molecule has 3 N–H and O–H groups in total. The predicted molar refractivity (Wildman–Crippen MR) is 72.5 cm³/mol. The van der Waals surface area contributed by atoms with Crippen molar-refractivity contribution in [2.75, 3.05) is 46.1 Å². The number of carbonyl (C=O) groups excluding carboxylic acids is 1. The molecule has 1 aromatic rings. The molecule has 0 fully saturated rings. The average Bonchev–Trinajstić information content (AvgIpc) is 2.36. The fraction of sp³-hybridized carbons (Fsp3) is 0.462. The van der Waals surface area contributed by atoms with Crippen LogP contribution in [0.3, 0.4) is 0 Å². The Bertz CT molecular complexity index is 424. The Morgan fingerprint density at radius 1 is 1.42 bits per heavy atom. The molecule has 106 valence electrons. The molecule has 0 spiro atoms. The van der Waals surface area contributed by atoms with E-state index in [9.17, 15) is 9.18 Å². The highest BCUT2D eigenvalue weighted by molar-refractivity contribution is 5.99. The number of amides is 1. The molecule has 0 saturated heterocycles. The lowest BCUT2D eigenvalue weighted by Crippen LogP contribution is -2.29. The lowest BCUT2D eigenvalue weighted by atomic mass is 10.1. The molecule has 0 bridgehead atoms. The maximum Gasteiger partial charge on any atom is 0.253 e. The zero-order chi connectivity index (χ0) is 14.3. The van der Waals surface area contributed by atoms with Crippen molar-refractivity contribution in [3.63, 3.8) is 0 Å². The second-order valence-corrected chi connectivity index (χ2v) is 4.37.